The van der Waals surface area contributed by atoms with Gasteiger partial charge in [0.15, 0.2) is 11.6 Å². The highest BCUT2D eigenvalue weighted by Gasteiger charge is 2.39. The molecule has 3 aliphatic carbocycles. The van der Waals surface area contributed by atoms with Crippen LogP contribution in [0.15, 0.2) is 504 Å². The number of pyridine rings is 1. The van der Waals surface area contributed by atoms with Gasteiger partial charge in [0.1, 0.15) is 5.82 Å². The van der Waals surface area contributed by atoms with E-state index in [9.17, 15) is 0 Å². The molecule has 0 saturated carbocycles. The number of rotatable bonds is 14. The van der Waals surface area contributed by atoms with Gasteiger partial charge in [-0.25, -0.2) is 19.9 Å². The second-order valence-electron chi connectivity index (χ2n) is 41.2. The molecule has 29 rings (SSSR count). The van der Waals surface area contributed by atoms with Crippen LogP contribution in [-0.4, -0.2) is 43.6 Å². The zero-order chi connectivity index (χ0) is 100. The van der Waals surface area contributed by atoms with Crippen molar-refractivity contribution in [2.75, 3.05) is 0 Å². The molecule has 26 aromatic rings. The fraction of sp³-hybridized carbons (Fsp3) is 0.0638. The smallest absolute Gasteiger partial charge is 0.238 e. The molecular formula is C141H101N9. The number of nitrogens with zero attached hydrogens (tertiary/aromatic N) is 9. The molecule has 150 heavy (non-hydrogen) atoms. The minimum atomic E-state index is -0.0661. The van der Waals surface area contributed by atoms with E-state index < -0.39 is 0 Å². The third-order valence-corrected chi connectivity index (χ3v) is 31.3. The molecule has 9 heteroatoms. The molecule has 20 aromatic carbocycles. The molecule has 6 aromatic heterocycles. The van der Waals surface area contributed by atoms with Crippen LogP contribution in [0.25, 0.3) is 240 Å². The highest BCUT2D eigenvalue weighted by Crippen LogP contribution is 2.55. The van der Waals surface area contributed by atoms with Gasteiger partial charge in [-0.1, -0.05) is 442 Å². The fourth-order valence-corrected chi connectivity index (χ4v) is 23.7. The molecule has 0 saturated heterocycles. The lowest BCUT2D eigenvalue weighted by Gasteiger charge is -2.22. The summed E-state index contributed by atoms with van der Waals surface area (Å²) in [6, 6.07) is 180. The van der Waals surface area contributed by atoms with Crippen LogP contribution in [0.2, 0.25) is 0 Å². The molecule has 0 fully saturated rings. The Hall–Kier alpha value is -19.0. The van der Waals surface area contributed by atoms with Crippen molar-refractivity contribution >= 4 is 65.4 Å². The van der Waals surface area contributed by atoms with E-state index in [-0.39, 0.29) is 16.2 Å². The quantitative estimate of drug-likeness (QED) is 0.108. The first kappa shape index (κ1) is 89.9. The summed E-state index contributed by atoms with van der Waals surface area (Å²) in [5, 5.41) is 7.12. The van der Waals surface area contributed by atoms with Crippen LogP contribution in [0.1, 0.15) is 74.9 Å². The predicted octanol–water partition coefficient (Wildman–Crippen LogP) is 36.0. The molecule has 0 aliphatic heterocycles. The maximum atomic E-state index is 5.39. The Bertz CT molecular complexity index is 9280. The first-order valence-corrected chi connectivity index (χ1v) is 51.7. The largest absolute Gasteiger partial charge is 0.294 e. The zero-order valence-electron chi connectivity index (χ0n) is 83.9. The van der Waals surface area contributed by atoms with Gasteiger partial charge in [-0.05, 0) is 237 Å². The van der Waals surface area contributed by atoms with Crippen molar-refractivity contribution < 1.29 is 0 Å². The summed E-state index contributed by atoms with van der Waals surface area (Å²) in [6.07, 6.45) is 0. The molecule has 9 nitrogen and oxygen atoms in total. The highest BCUT2D eigenvalue weighted by atomic mass is 15.2. The van der Waals surface area contributed by atoms with Gasteiger partial charge in [0.25, 0.3) is 0 Å². The number of aromatic nitrogens is 9. The Morgan fingerprint density at radius 2 is 0.413 bits per heavy atom. The highest BCUT2D eigenvalue weighted by molar-refractivity contribution is 6.13. The molecule has 0 N–H and O–H groups in total. The van der Waals surface area contributed by atoms with Crippen LogP contribution >= 0.6 is 0 Å². The number of hydrogen-bond donors (Lipinski definition) is 0. The minimum absolute atomic E-state index is 0.0338. The number of benzene rings is 20. The number of hydrogen-bond acceptors (Lipinski definition) is 6. The maximum absolute atomic E-state index is 5.39. The lowest BCUT2D eigenvalue weighted by atomic mass is 9.81. The van der Waals surface area contributed by atoms with Crippen molar-refractivity contribution in [3.8, 4) is 174 Å². The van der Waals surface area contributed by atoms with Gasteiger partial charge in [0, 0.05) is 76.4 Å². The third-order valence-electron chi connectivity index (χ3n) is 31.3. The monoisotopic (exact) mass is 1920 g/mol. The van der Waals surface area contributed by atoms with Crippen molar-refractivity contribution in [1.29, 1.82) is 0 Å². The van der Waals surface area contributed by atoms with Gasteiger partial charge in [-0.2, -0.15) is 9.97 Å². The summed E-state index contributed by atoms with van der Waals surface area (Å²) in [6.45, 7) is 14.0. The molecule has 0 radical (unpaired) electrons. The van der Waals surface area contributed by atoms with Crippen molar-refractivity contribution in [3.63, 3.8) is 0 Å². The van der Waals surface area contributed by atoms with E-state index in [0.29, 0.717) is 23.5 Å². The Labute approximate surface area is 871 Å². The van der Waals surface area contributed by atoms with E-state index in [1.165, 1.54) is 144 Å². The summed E-state index contributed by atoms with van der Waals surface area (Å²) < 4.78 is 6.75. The number of para-hydroxylation sites is 3. The lowest BCUT2D eigenvalue weighted by molar-refractivity contribution is 0.660. The maximum Gasteiger partial charge on any atom is 0.238 e. The van der Waals surface area contributed by atoms with E-state index >= 15 is 0 Å². The Balaban J connectivity index is 0.000000112. The molecule has 0 spiro atoms. The Morgan fingerprint density at radius 1 is 0.147 bits per heavy atom. The molecular weight excluding hydrogens is 1820 g/mol. The average Bonchev–Trinajstić information content (AvgIpc) is 1.58. The molecule has 0 amide bonds. The molecule has 0 atom stereocenters. The number of fused-ring (bicyclic) bond motifs is 18. The third kappa shape index (κ3) is 15.5. The van der Waals surface area contributed by atoms with E-state index in [2.05, 4.69) is 498 Å². The summed E-state index contributed by atoms with van der Waals surface area (Å²) in [5.41, 5.74) is 44.8. The van der Waals surface area contributed by atoms with Gasteiger partial charge in [-0.3, -0.25) is 13.7 Å². The SMILES string of the molecule is CC1(C)c2ccccc2-c2ccc(-c3ccc4c(c3)c3ccccc3n4-c3cc(-c4ccccc4)cc(-c4ccccc4)n3)cc21.CC1(C)c2ccccc2-c2ccc(-c3ccc4c(c3)c3ccccc3n4-c3nc(-c4cccc(-c5ccccc5)c4)cc(-c4cccc(-c5ccccc5)c4)n3)cc21.CC1(C)c2ccccc2-c2ccc(-c3ccc4c(c3)c3ccccc3n4-c3nc(-c4ccccc4)nc(-c4ccccc4)n3)cc21. The second kappa shape index (κ2) is 36.4. The van der Waals surface area contributed by atoms with Crippen molar-refractivity contribution in [2.45, 2.75) is 57.8 Å². The first-order chi connectivity index (χ1) is 73.6. The minimum Gasteiger partial charge on any atom is -0.294 e. The molecule has 0 unspecified atom stereocenters. The van der Waals surface area contributed by atoms with E-state index in [4.69, 9.17) is 29.9 Å². The van der Waals surface area contributed by atoms with Gasteiger partial charge >= 0.3 is 0 Å². The fourth-order valence-electron chi connectivity index (χ4n) is 23.7. The van der Waals surface area contributed by atoms with Crippen LogP contribution < -0.4 is 0 Å². The molecule has 710 valence electrons. The molecule has 0 bridgehead atoms. The van der Waals surface area contributed by atoms with Gasteiger partial charge in [-0.15, -0.1) is 0 Å². The van der Waals surface area contributed by atoms with Crippen molar-refractivity contribution in [3.05, 3.63) is 537 Å². The van der Waals surface area contributed by atoms with Crippen LogP contribution in [0.4, 0.5) is 0 Å². The summed E-state index contributed by atoms with van der Waals surface area (Å²) in [7, 11) is 0. The van der Waals surface area contributed by atoms with E-state index in [1.54, 1.807) is 0 Å². The lowest BCUT2D eigenvalue weighted by Crippen LogP contribution is -2.14. The van der Waals surface area contributed by atoms with E-state index in [1.807, 2.05) is 60.7 Å². The Kier molecular flexibility index (Phi) is 21.8. The topological polar surface area (TPSA) is 92.1 Å². The summed E-state index contributed by atoms with van der Waals surface area (Å²) >= 11 is 0. The van der Waals surface area contributed by atoms with Gasteiger partial charge < -0.3 is 0 Å². The first-order valence-electron chi connectivity index (χ1n) is 51.7. The van der Waals surface area contributed by atoms with Crippen LogP contribution in [0, 0.1) is 0 Å². The predicted molar refractivity (Wildman–Crippen MR) is 622 cm³/mol. The molecule has 6 heterocycles. The average molecular weight is 1920 g/mol. The summed E-state index contributed by atoms with van der Waals surface area (Å²) in [4.78, 5) is 31.1. The zero-order valence-corrected chi connectivity index (χ0v) is 83.9. The second-order valence-corrected chi connectivity index (χ2v) is 41.2. The van der Waals surface area contributed by atoms with Gasteiger partial charge in [0.05, 0.1) is 50.2 Å². The van der Waals surface area contributed by atoms with Crippen molar-refractivity contribution in [2.24, 2.45) is 0 Å². The Morgan fingerprint density at radius 3 is 0.800 bits per heavy atom. The van der Waals surface area contributed by atoms with Gasteiger partial charge in [0.2, 0.25) is 11.9 Å². The van der Waals surface area contributed by atoms with Crippen LogP contribution in [0.3, 0.4) is 0 Å². The van der Waals surface area contributed by atoms with E-state index in [0.717, 1.165) is 106 Å². The summed E-state index contributed by atoms with van der Waals surface area (Å²) in [5.74, 6) is 3.45. The van der Waals surface area contributed by atoms with Crippen LogP contribution in [-0.2, 0) is 16.2 Å². The molecule has 3 aliphatic rings. The standard InChI is InChI=1S/C55H39N3.C44H32N2.C42H30N4/c1-55(2)48-25-11-9-23-44(48)45-29-27-41(34-49(45)55)40-28-30-53-47(33-40)46-24-10-12-26-52(46)58(53)54-56-50(42-21-13-19-38(31-42)36-15-5-3-6-16-36)35-51(57-54)43-22-14-20-39(32-43)37-17-7-4-8-18-37;1-44(2)38-19-11-9-17-34(38)35-23-21-32(26-39(35)44)31-22-24-42-37(25-31)36-18-10-12-20-41(36)46(42)43-28-33(29-13-5-3-6-14-29)27-40(45-43)30-15-7-4-8-16-30;1-42(2)35-19-11-9-17-31(35)32-23-21-30(26-36(32)42)29-22-24-38-34(25-29)33-18-10-12-20-37(33)46(38)41-44-39(27-13-5-3-6-14-27)43-40(45-41)28-15-7-4-8-16-28/h3-35H,1-2H3;3-28H,1-2H3;3-26H,1-2H3. The van der Waals surface area contributed by atoms with Crippen molar-refractivity contribution in [1.82, 2.24) is 43.6 Å². The van der Waals surface area contributed by atoms with Crippen LogP contribution in [0.5, 0.6) is 0 Å². The normalized spacial score (nSPS) is 13.0.